The number of benzene rings is 2. The molecule has 2 aromatic carbocycles. The SMILES string of the molecule is CC1=[C-]CC=C1.[Pt+2].[c-]1cccc2ccccc12. The molecule has 0 unspecified atom stereocenters. The van der Waals surface area contributed by atoms with E-state index in [0.29, 0.717) is 0 Å². The summed E-state index contributed by atoms with van der Waals surface area (Å²) in [4.78, 5) is 0. The van der Waals surface area contributed by atoms with E-state index in [0.717, 1.165) is 6.42 Å². The van der Waals surface area contributed by atoms with Crippen LogP contribution in [0.2, 0.25) is 0 Å². The molecular weight excluding hydrogens is 387 g/mol. The Morgan fingerprint density at radius 3 is 2.41 bits per heavy atom. The number of hydrogen-bond donors (Lipinski definition) is 0. The van der Waals surface area contributed by atoms with Crippen LogP contribution in [0.3, 0.4) is 0 Å². The van der Waals surface area contributed by atoms with Gasteiger partial charge in [-0.25, -0.2) is 11.6 Å². The molecule has 2 aromatic rings. The molecule has 0 atom stereocenters. The van der Waals surface area contributed by atoms with Crippen LogP contribution in [0, 0.1) is 12.1 Å². The van der Waals surface area contributed by atoms with Crippen molar-refractivity contribution >= 4 is 10.8 Å². The molecule has 0 nitrogen and oxygen atoms in total. The van der Waals surface area contributed by atoms with Crippen LogP contribution in [0.25, 0.3) is 10.8 Å². The van der Waals surface area contributed by atoms with Crippen LogP contribution in [0.5, 0.6) is 0 Å². The second-order valence-electron chi connectivity index (χ2n) is 3.72. The van der Waals surface area contributed by atoms with Crippen molar-refractivity contribution in [2.24, 2.45) is 0 Å². The topological polar surface area (TPSA) is 0 Å². The summed E-state index contributed by atoms with van der Waals surface area (Å²) in [5.41, 5.74) is 1.27. The molecule has 17 heavy (non-hydrogen) atoms. The summed E-state index contributed by atoms with van der Waals surface area (Å²) in [5, 5.41) is 2.44. The monoisotopic (exact) mass is 401 g/mol. The first-order valence-corrected chi connectivity index (χ1v) is 5.46. The van der Waals surface area contributed by atoms with Gasteiger partial charge in [-0.2, -0.15) is 6.08 Å². The number of rotatable bonds is 0. The molecule has 0 bridgehead atoms. The van der Waals surface area contributed by atoms with Gasteiger partial charge in [-0.3, -0.25) is 6.08 Å². The minimum absolute atomic E-state index is 0. The Bertz CT molecular complexity index is 456. The van der Waals surface area contributed by atoms with E-state index in [2.05, 4.69) is 49.4 Å². The van der Waals surface area contributed by atoms with Crippen LogP contribution in [0.15, 0.2) is 60.2 Å². The maximum atomic E-state index is 3.15. The Morgan fingerprint density at radius 1 is 1.06 bits per heavy atom. The fraction of sp³-hybridized carbons (Fsp3) is 0.125. The van der Waals surface area contributed by atoms with Crippen molar-refractivity contribution in [1.29, 1.82) is 0 Å². The predicted octanol–water partition coefficient (Wildman–Crippen LogP) is 4.33. The maximum absolute atomic E-state index is 3.15. The number of allylic oxidation sites excluding steroid dienone is 4. The summed E-state index contributed by atoms with van der Waals surface area (Å²) in [6, 6.07) is 17.4. The Morgan fingerprint density at radius 2 is 1.82 bits per heavy atom. The van der Waals surface area contributed by atoms with Gasteiger partial charge in [0.15, 0.2) is 0 Å². The Labute approximate surface area is 117 Å². The van der Waals surface area contributed by atoms with Crippen molar-refractivity contribution in [2.75, 3.05) is 0 Å². The summed E-state index contributed by atoms with van der Waals surface area (Å²) in [6.07, 6.45) is 8.33. The number of hydrogen-bond acceptors (Lipinski definition) is 0. The summed E-state index contributed by atoms with van der Waals surface area (Å²) < 4.78 is 0. The van der Waals surface area contributed by atoms with Crippen LogP contribution in [0.4, 0.5) is 0 Å². The van der Waals surface area contributed by atoms with E-state index < -0.39 is 0 Å². The standard InChI is InChI=1S/C10H7.C6H7.Pt/c1-2-6-10-8-4-3-7-9(10)5-1;1-6-4-2-3-5-6;/h1-7H;2,4H,3H2,1H3;/q2*-1;+2. The van der Waals surface area contributed by atoms with Gasteiger partial charge in [0, 0.05) is 0 Å². The largest absolute Gasteiger partial charge is 2.00 e. The molecule has 0 spiro atoms. The zero-order valence-electron chi connectivity index (χ0n) is 9.72. The summed E-state index contributed by atoms with van der Waals surface area (Å²) in [7, 11) is 0. The molecule has 1 aliphatic rings. The Hall–Kier alpha value is -1.13. The van der Waals surface area contributed by atoms with Gasteiger partial charge in [0.1, 0.15) is 0 Å². The fourth-order valence-corrected chi connectivity index (χ4v) is 1.58. The molecule has 1 aliphatic carbocycles. The van der Waals surface area contributed by atoms with E-state index in [1.807, 2.05) is 24.3 Å². The van der Waals surface area contributed by atoms with Gasteiger partial charge in [0.25, 0.3) is 0 Å². The minimum atomic E-state index is 0. The van der Waals surface area contributed by atoms with Gasteiger partial charge in [-0.05, 0) is 0 Å². The van der Waals surface area contributed by atoms with Crippen LogP contribution in [0.1, 0.15) is 13.3 Å². The molecule has 88 valence electrons. The minimum Gasteiger partial charge on any atom is -0.270 e. The third-order valence-corrected chi connectivity index (χ3v) is 2.44. The van der Waals surface area contributed by atoms with Gasteiger partial charge in [-0.1, -0.05) is 19.1 Å². The van der Waals surface area contributed by atoms with Crippen molar-refractivity contribution in [3.05, 3.63) is 72.3 Å². The molecule has 0 heterocycles. The molecule has 0 fully saturated rings. The van der Waals surface area contributed by atoms with Crippen LogP contribution < -0.4 is 0 Å². The second kappa shape index (κ2) is 7.24. The molecule has 0 N–H and O–H groups in total. The van der Waals surface area contributed by atoms with Gasteiger partial charge in [-0.15, -0.1) is 53.6 Å². The van der Waals surface area contributed by atoms with E-state index in [1.54, 1.807) is 0 Å². The first-order valence-electron chi connectivity index (χ1n) is 5.46. The zero-order valence-corrected chi connectivity index (χ0v) is 12.0. The average Bonchev–Trinajstić information content (AvgIpc) is 2.81. The van der Waals surface area contributed by atoms with Gasteiger partial charge in [0.2, 0.25) is 0 Å². The molecule has 0 amide bonds. The quantitative estimate of drug-likeness (QED) is 0.577. The molecule has 1 heteroatoms. The average molecular weight is 401 g/mol. The van der Waals surface area contributed by atoms with Crippen LogP contribution in [-0.4, -0.2) is 0 Å². The molecule has 3 rings (SSSR count). The molecule has 0 radical (unpaired) electrons. The molecule has 0 saturated heterocycles. The fourth-order valence-electron chi connectivity index (χ4n) is 1.58. The third kappa shape index (κ3) is 4.32. The van der Waals surface area contributed by atoms with E-state index in [-0.39, 0.29) is 21.1 Å². The molecular formula is C16H14Pt. The van der Waals surface area contributed by atoms with E-state index >= 15 is 0 Å². The molecule has 0 aliphatic heterocycles. The Balaban J connectivity index is 0.000000180. The van der Waals surface area contributed by atoms with Gasteiger partial charge >= 0.3 is 21.1 Å². The van der Waals surface area contributed by atoms with Crippen molar-refractivity contribution in [3.63, 3.8) is 0 Å². The molecule has 0 saturated carbocycles. The van der Waals surface area contributed by atoms with Crippen molar-refractivity contribution in [1.82, 2.24) is 0 Å². The second-order valence-corrected chi connectivity index (χ2v) is 3.72. The smallest absolute Gasteiger partial charge is 0.270 e. The van der Waals surface area contributed by atoms with E-state index in [1.165, 1.54) is 16.3 Å². The van der Waals surface area contributed by atoms with Crippen molar-refractivity contribution < 1.29 is 21.1 Å². The summed E-state index contributed by atoms with van der Waals surface area (Å²) >= 11 is 0. The maximum Gasteiger partial charge on any atom is 2.00 e. The first kappa shape index (κ1) is 13.9. The molecule has 0 aromatic heterocycles. The predicted molar refractivity (Wildman–Crippen MR) is 69.0 cm³/mol. The van der Waals surface area contributed by atoms with E-state index in [9.17, 15) is 0 Å². The van der Waals surface area contributed by atoms with Gasteiger partial charge < -0.3 is 0 Å². The van der Waals surface area contributed by atoms with Crippen molar-refractivity contribution in [3.8, 4) is 0 Å². The van der Waals surface area contributed by atoms with E-state index in [4.69, 9.17) is 0 Å². The first-order chi connectivity index (χ1) is 7.86. The Kier molecular flexibility index (Phi) is 5.94. The number of fused-ring (bicyclic) bond motifs is 1. The third-order valence-electron chi connectivity index (χ3n) is 2.44. The van der Waals surface area contributed by atoms with Crippen LogP contribution >= 0.6 is 0 Å². The van der Waals surface area contributed by atoms with Gasteiger partial charge in [0.05, 0.1) is 0 Å². The zero-order chi connectivity index (χ0) is 11.2. The van der Waals surface area contributed by atoms with Crippen molar-refractivity contribution in [2.45, 2.75) is 13.3 Å². The normalized spacial score (nSPS) is 12.4. The summed E-state index contributed by atoms with van der Waals surface area (Å²) in [5.74, 6) is 0. The summed E-state index contributed by atoms with van der Waals surface area (Å²) in [6.45, 7) is 2.06. The van der Waals surface area contributed by atoms with Crippen LogP contribution in [-0.2, 0) is 21.1 Å².